The molecule has 3 N–H and O–H groups in total. The third-order valence-corrected chi connectivity index (χ3v) is 3.87. The Balaban J connectivity index is 2.75. The maximum Gasteiger partial charge on any atom is 0.304 e. The second-order valence-electron chi connectivity index (χ2n) is 5.44. The van der Waals surface area contributed by atoms with Crippen molar-refractivity contribution in [3.05, 3.63) is 35.9 Å². The van der Waals surface area contributed by atoms with E-state index in [0.29, 0.717) is 10.6 Å². The van der Waals surface area contributed by atoms with Gasteiger partial charge in [-0.25, -0.2) is 5.06 Å². The first kappa shape index (κ1) is 18.4. The number of carbonyl (C=O) groups is 2. The largest absolute Gasteiger partial charge is 0.481 e. The summed E-state index contributed by atoms with van der Waals surface area (Å²) in [6.45, 7) is 2.95. The van der Waals surface area contributed by atoms with Crippen LogP contribution in [0.25, 0.3) is 0 Å². The number of amides is 1. The van der Waals surface area contributed by atoms with Crippen LogP contribution in [0.5, 0.6) is 0 Å². The first-order valence-electron chi connectivity index (χ1n) is 6.72. The Bertz CT molecular complexity index is 558. The van der Waals surface area contributed by atoms with E-state index in [9.17, 15) is 19.4 Å². The van der Waals surface area contributed by atoms with Crippen LogP contribution in [0, 0.1) is 0 Å². The van der Waals surface area contributed by atoms with Crippen LogP contribution in [0.2, 0.25) is 0 Å². The summed E-state index contributed by atoms with van der Waals surface area (Å²) in [7, 11) is -2.31. The molecule has 0 bridgehead atoms. The lowest BCUT2D eigenvalue weighted by atomic mass is 9.95. The molecule has 0 saturated carbocycles. The highest BCUT2D eigenvalue weighted by molar-refractivity contribution is 7.62. The molecule has 0 aliphatic rings. The van der Waals surface area contributed by atoms with E-state index < -0.39 is 31.4 Å². The minimum atomic E-state index is -2.31. The Morgan fingerprint density at radius 3 is 2.36 bits per heavy atom. The molecule has 1 amide bonds. The van der Waals surface area contributed by atoms with Gasteiger partial charge >= 0.3 is 5.97 Å². The molecule has 8 heteroatoms. The van der Waals surface area contributed by atoms with E-state index in [2.05, 4.69) is 5.32 Å². The van der Waals surface area contributed by atoms with E-state index in [1.807, 2.05) is 0 Å². The highest BCUT2D eigenvalue weighted by atomic mass is 31.2. The minimum absolute atomic E-state index is 0.173. The molecule has 0 heterocycles. The molecule has 0 aliphatic carbocycles. The average Bonchev–Trinajstić information content (AvgIpc) is 2.43. The lowest BCUT2D eigenvalue weighted by Gasteiger charge is -2.22. The summed E-state index contributed by atoms with van der Waals surface area (Å²) in [5, 5.41) is 21.9. The van der Waals surface area contributed by atoms with Gasteiger partial charge in [-0.2, -0.15) is 0 Å². The summed E-state index contributed by atoms with van der Waals surface area (Å²) in [6.07, 6.45) is -0.244. The molecule has 22 heavy (non-hydrogen) atoms. The van der Waals surface area contributed by atoms with Crippen molar-refractivity contribution in [3.8, 4) is 0 Å². The normalized spacial score (nSPS) is 12.7. The standard InChI is InChI=1S/C14H21N2O5P/c1-22(2,21)10-15-9-16(20)14(19)12(8-13(17)18)11-6-4-3-5-7-11/h3-7,12,15,20H,8-10H2,1-2H3,(H,17,18). The number of hydrogen-bond acceptors (Lipinski definition) is 5. The molecule has 0 aromatic heterocycles. The maximum absolute atomic E-state index is 12.2. The molecule has 0 spiro atoms. The molecular formula is C14H21N2O5P. The molecule has 1 aromatic rings. The number of hydroxylamine groups is 2. The molecule has 7 nitrogen and oxygen atoms in total. The first-order chi connectivity index (χ1) is 10.2. The van der Waals surface area contributed by atoms with Crippen LogP contribution in [-0.2, 0) is 14.2 Å². The van der Waals surface area contributed by atoms with Crippen LogP contribution < -0.4 is 5.32 Å². The number of rotatable bonds is 8. The number of carboxylic acid groups (broad SMARTS) is 1. The maximum atomic E-state index is 12.2. The SMILES string of the molecule is CP(C)(=O)CNCN(O)C(=O)C(CC(=O)O)c1ccccc1. The van der Waals surface area contributed by atoms with Gasteiger partial charge in [-0.15, -0.1) is 0 Å². The predicted octanol–water partition coefficient (Wildman–Crippen LogP) is 1.59. The van der Waals surface area contributed by atoms with Gasteiger partial charge in [0.1, 0.15) is 0 Å². The van der Waals surface area contributed by atoms with Gasteiger partial charge in [-0.05, 0) is 18.9 Å². The number of nitrogens with zero attached hydrogens (tertiary/aromatic N) is 1. The quantitative estimate of drug-likeness (QED) is 0.289. The third-order valence-electron chi connectivity index (χ3n) is 2.89. The van der Waals surface area contributed by atoms with Gasteiger partial charge in [-0.3, -0.25) is 20.1 Å². The summed E-state index contributed by atoms with van der Waals surface area (Å²) in [5.74, 6) is -2.82. The van der Waals surface area contributed by atoms with Crippen molar-refractivity contribution in [2.45, 2.75) is 12.3 Å². The fourth-order valence-corrected chi connectivity index (χ4v) is 2.53. The summed E-state index contributed by atoms with van der Waals surface area (Å²) in [4.78, 5) is 23.2. The molecule has 0 saturated heterocycles. The van der Waals surface area contributed by atoms with Crippen molar-refractivity contribution in [1.29, 1.82) is 0 Å². The van der Waals surface area contributed by atoms with Crippen LogP contribution >= 0.6 is 7.14 Å². The molecule has 1 rings (SSSR count). The van der Waals surface area contributed by atoms with E-state index in [0.717, 1.165) is 0 Å². The fourth-order valence-electron chi connectivity index (χ4n) is 1.89. The Labute approximate surface area is 129 Å². The van der Waals surface area contributed by atoms with Crippen molar-refractivity contribution in [3.63, 3.8) is 0 Å². The zero-order valence-electron chi connectivity index (χ0n) is 12.6. The summed E-state index contributed by atoms with van der Waals surface area (Å²) >= 11 is 0. The third kappa shape index (κ3) is 6.39. The molecule has 0 radical (unpaired) electrons. The molecule has 0 fully saturated rings. The number of carbonyl (C=O) groups excluding carboxylic acids is 1. The van der Waals surface area contributed by atoms with E-state index >= 15 is 0 Å². The van der Waals surface area contributed by atoms with E-state index in [4.69, 9.17) is 5.11 Å². The molecule has 1 aromatic carbocycles. The fraction of sp³-hybridized carbons (Fsp3) is 0.429. The van der Waals surface area contributed by atoms with Crippen molar-refractivity contribution in [2.24, 2.45) is 0 Å². The van der Waals surface area contributed by atoms with Crippen molar-refractivity contribution >= 4 is 19.0 Å². The van der Waals surface area contributed by atoms with Gasteiger partial charge < -0.3 is 9.67 Å². The minimum Gasteiger partial charge on any atom is -0.481 e. The number of benzene rings is 1. The Morgan fingerprint density at radius 1 is 1.27 bits per heavy atom. The van der Waals surface area contributed by atoms with Crippen LogP contribution in [-0.4, -0.2) is 53.5 Å². The number of carboxylic acids is 1. The van der Waals surface area contributed by atoms with E-state index in [1.165, 1.54) is 0 Å². The monoisotopic (exact) mass is 328 g/mol. The smallest absolute Gasteiger partial charge is 0.304 e. The van der Waals surface area contributed by atoms with Crippen LogP contribution in [0.1, 0.15) is 17.9 Å². The van der Waals surface area contributed by atoms with Crippen molar-refractivity contribution < 1.29 is 24.5 Å². The molecular weight excluding hydrogens is 307 g/mol. The lowest BCUT2D eigenvalue weighted by Crippen LogP contribution is -2.40. The van der Waals surface area contributed by atoms with Gasteiger partial charge in [0, 0.05) is 0 Å². The van der Waals surface area contributed by atoms with Crippen LogP contribution in [0.3, 0.4) is 0 Å². The zero-order chi connectivity index (χ0) is 16.8. The van der Waals surface area contributed by atoms with E-state index in [-0.39, 0.29) is 13.0 Å². The molecule has 122 valence electrons. The lowest BCUT2D eigenvalue weighted by molar-refractivity contribution is -0.169. The van der Waals surface area contributed by atoms with Gasteiger partial charge in [0.25, 0.3) is 5.91 Å². The first-order valence-corrected chi connectivity index (χ1v) is 9.51. The second kappa shape index (κ2) is 8.08. The molecule has 1 atom stereocenters. The van der Waals surface area contributed by atoms with Crippen LogP contribution in [0.15, 0.2) is 30.3 Å². The van der Waals surface area contributed by atoms with Crippen molar-refractivity contribution in [2.75, 3.05) is 26.3 Å². The Kier molecular flexibility index (Phi) is 6.74. The highest BCUT2D eigenvalue weighted by Gasteiger charge is 2.27. The highest BCUT2D eigenvalue weighted by Crippen LogP contribution is 2.33. The number of aliphatic carboxylic acids is 1. The van der Waals surface area contributed by atoms with E-state index in [1.54, 1.807) is 43.7 Å². The van der Waals surface area contributed by atoms with Gasteiger partial charge in [0.2, 0.25) is 0 Å². The van der Waals surface area contributed by atoms with Crippen LogP contribution in [0.4, 0.5) is 0 Å². The Morgan fingerprint density at radius 2 is 1.86 bits per heavy atom. The van der Waals surface area contributed by atoms with Gasteiger partial charge in [0.15, 0.2) is 0 Å². The average molecular weight is 328 g/mol. The number of hydrogen-bond donors (Lipinski definition) is 3. The summed E-state index contributed by atoms with van der Waals surface area (Å²) in [6, 6.07) is 8.42. The van der Waals surface area contributed by atoms with Crippen molar-refractivity contribution in [1.82, 2.24) is 10.4 Å². The number of nitrogens with one attached hydrogen (secondary N) is 1. The molecule has 1 unspecified atom stereocenters. The second-order valence-corrected chi connectivity index (χ2v) is 8.90. The molecule has 0 aliphatic heterocycles. The zero-order valence-corrected chi connectivity index (χ0v) is 13.5. The van der Waals surface area contributed by atoms with Gasteiger partial charge in [-0.1, -0.05) is 30.3 Å². The summed E-state index contributed by atoms with van der Waals surface area (Å²) in [5.41, 5.74) is 0.519. The Hall–Kier alpha value is -1.69. The van der Waals surface area contributed by atoms with Gasteiger partial charge in [0.05, 0.1) is 32.4 Å². The summed E-state index contributed by atoms with van der Waals surface area (Å²) < 4.78 is 11.5. The topological polar surface area (TPSA) is 107 Å². The predicted molar refractivity (Wildman–Crippen MR) is 82.4 cm³/mol.